The van der Waals surface area contributed by atoms with Crippen LogP contribution in [0.2, 0.25) is 0 Å². The van der Waals surface area contributed by atoms with Gasteiger partial charge in [-0.05, 0) is 18.2 Å². The monoisotopic (exact) mass is 384 g/mol. The molecule has 0 spiro atoms. The zero-order valence-corrected chi connectivity index (χ0v) is 14.0. The first-order valence-corrected chi connectivity index (χ1v) is 8.53. The zero-order chi connectivity index (χ0) is 18.9. The number of fused-ring (bicyclic) bond motifs is 1. The van der Waals surface area contributed by atoms with Gasteiger partial charge in [0.05, 0.1) is 12.6 Å². The van der Waals surface area contributed by atoms with Crippen molar-refractivity contribution in [2.24, 2.45) is 0 Å². The van der Waals surface area contributed by atoms with Gasteiger partial charge in [-0.15, -0.1) is 0 Å². The summed E-state index contributed by atoms with van der Waals surface area (Å²) in [5.41, 5.74) is -4.55. The highest BCUT2D eigenvalue weighted by Crippen LogP contribution is 2.32. The first-order chi connectivity index (χ1) is 12.2. The van der Waals surface area contributed by atoms with Gasteiger partial charge in [0, 0.05) is 23.2 Å². The van der Waals surface area contributed by atoms with Crippen molar-refractivity contribution in [3.63, 3.8) is 0 Å². The standard InChI is InChI=1S/C16H11F3N2O4S/c1-24-12-6-2-4-10(8-12)15-14-11(5-3-7-20-14)9-13(21-15)25-26(22,23)16(17,18)19/h2-9H,1H3. The van der Waals surface area contributed by atoms with Crippen molar-refractivity contribution in [3.05, 3.63) is 48.7 Å². The molecule has 10 heteroatoms. The summed E-state index contributed by atoms with van der Waals surface area (Å²) >= 11 is 0. The Morgan fingerprint density at radius 2 is 1.85 bits per heavy atom. The van der Waals surface area contributed by atoms with Crippen LogP contribution in [0.25, 0.3) is 22.2 Å². The quantitative estimate of drug-likeness (QED) is 0.506. The summed E-state index contributed by atoms with van der Waals surface area (Å²) < 4.78 is 69.6. The Hall–Kier alpha value is -2.88. The second kappa shape index (κ2) is 6.45. The molecule has 0 amide bonds. The van der Waals surface area contributed by atoms with E-state index >= 15 is 0 Å². The predicted octanol–water partition coefficient (Wildman–Crippen LogP) is 3.53. The van der Waals surface area contributed by atoms with Crippen molar-refractivity contribution in [3.8, 4) is 22.9 Å². The average Bonchev–Trinajstić information content (AvgIpc) is 2.59. The number of hydrogen-bond acceptors (Lipinski definition) is 6. The summed E-state index contributed by atoms with van der Waals surface area (Å²) in [5, 5.41) is 0.368. The minimum absolute atomic E-state index is 0.161. The Morgan fingerprint density at radius 3 is 2.54 bits per heavy atom. The van der Waals surface area contributed by atoms with Crippen molar-refractivity contribution in [2.75, 3.05) is 7.11 Å². The first kappa shape index (κ1) is 17.9. The van der Waals surface area contributed by atoms with Crippen LogP contribution < -0.4 is 8.92 Å². The van der Waals surface area contributed by atoms with Crippen LogP contribution in [0.5, 0.6) is 11.6 Å². The molecule has 1 aromatic carbocycles. The van der Waals surface area contributed by atoms with Gasteiger partial charge in [0.2, 0.25) is 5.88 Å². The summed E-state index contributed by atoms with van der Waals surface area (Å²) in [4.78, 5) is 8.09. The number of rotatable bonds is 4. The number of hydrogen-bond donors (Lipinski definition) is 0. The summed E-state index contributed by atoms with van der Waals surface area (Å²) in [7, 11) is -4.38. The van der Waals surface area contributed by atoms with E-state index in [0.717, 1.165) is 6.07 Å². The van der Waals surface area contributed by atoms with Gasteiger partial charge in [0.15, 0.2) is 0 Å². The molecule has 3 aromatic rings. The van der Waals surface area contributed by atoms with Crippen molar-refractivity contribution in [1.82, 2.24) is 9.97 Å². The number of methoxy groups -OCH3 is 1. The van der Waals surface area contributed by atoms with Crippen molar-refractivity contribution in [1.29, 1.82) is 0 Å². The minimum atomic E-state index is -5.84. The van der Waals surface area contributed by atoms with Crippen LogP contribution in [0.1, 0.15) is 0 Å². The van der Waals surface area contributed by atoms with E-state index in [2.05, 4.69) is 14.2 Å². The van der Waals surface area contributed by atoms with Gasteiger partial charge in [0.25, 0.3) is 0 Å². The zero-order valence-electron chi connectivity index (χ0n) is 13.2. The van der Waals surface area contributed by atoms with Crippen LogP contribution in [-0.2, 0) is 10.1 Å². The Kier molecular flexibility index (Phi) is 4.45. The van der Waals surface area contributed by atoms with Gasteiger partial charge in [0.1, 0.15) is 11.4 Å². The van der Waals surface area contributed by atoms with Gasteiger partial charge >= 0.3 is 15.6 Å². The normalized spacial score (nSPS) is 12.2. The lowest BCUT2D eigenvalue weighted by molar-refractivity contribution is -0.0501. The highest BCUT2D eigenvalue weighted by atomic mass is 32.2. The maximum atomic E-state index is 12.6. The molecule has 26 heavy (non-hydrogen) atoms. The topological polar surface area (TPSA) is 78.4 Å². The molecule has 0 saturated heterocycles. The molecule has 6 nitrogen and oxygen atoms in total. The lowest BCUT2D eigenvalue weighted by atomic mass is 10.1. The second-order valence-corrected chi connectivity index (χ2v) is 6.64. The third kappa shape index (κ3) is 3.40. The Bertz CT molecular complexity index is 1070. The van der Waals surface area contributed by atoms with Gasteiger partial charge in [-0.1, -0.05) is 18.2 Å². The van der Waals surface area contributed by atoms with Gasteiger partial charge in [-0.2, -0.15) is 21.6 Å². The molecule has 0 N–H and O–H groups in total. The van der Waals surface area contributed by atoms with Crippen LogP contribution in [0, 0.1) is 0 Å². The van der Waals surface area contributed by atoms with Crippen molar-refractivity contribution in [2.45, 2.75) is 5.51 Å². The molecule has 2 heterocycles. The molecule has 0 aliphatic rings. The number of benzene rings is 1. The fraction of sp³-hybridized carbons (Fsp3) is 0.125. The number of alkyl halides is 3. The van der Waals surface area contributed by atoms with Crippen LogP contribution in [0.3, 0.4) is 0 Å². The molecule has 2 aromatic heterocycles. The maximum Gasteiger partial charge on any atom is 0.534 e. The largest absolute Gasteiger partial charge is 0.534 e. The van der Waals surface area contributed by atoms with E-state index in [1.165, 1.54) is 13.3 Å². The highest BCUT2D eigenvalue weighted by molar-refractivity contribution is 7.87. The Labute approximate surface area is 146 Å². The minimum Gasteiger partial charge on any atom is -0.497 e. The van der Waals surface area contributed by atoms with Crippen LogP contribution >= 0.6 is 0 Å². The highest BCUT2D eigenvalue weighted by Gasteiger charge is 2.49. The Morgan fingerprint density at radius 1 is 1.08 bits per heavy atom. The van der Waals surface area contributed by atoms with Gasteiger partial charge in [-0.3, -0.25) is 4.98 Å². The summed E-state index contributed by atoms with van der Waals surface area (Å²) in [5.74, 6) is -0.219. The van der Waals surface area contributed by atoms with E-state index in [1.54, 1.807) is 36.4 Å². The van der Waals surface area contributed by atoms with E-state index in [9.17, 15) is 21.6 Å². The molecular weight excluding hydrogens is 373 g/mol. The van der Waals surface area contributed by atoms with E-state index in [-0.39, 0.29) is 5.69 Å². The maximum absolute atomic E-state index is 12.6. The Balaban J connectivity index is 2.19. The third-order valence-electron chi connectivity index (χ3n) is 3.39. The van der Waals surface area contributed by atoms with Crippen LogP contribution in [0.4, 0.5) is 13.2 Å². The van der Waals surface area contributed by atoms with Gasteiger partial charge < -0.3 is 8.92 Å². The fourth-order valence-corrected chi connectivity index (χ4v) is 2.64. The molecule has 0 bridgehead atoms. The number of nitrogens with zero attached hydrogens (tertiary/aromatic N) is 2. The van der Waals surface area contributed by atoms with Crippen LogP contribution in [-0.4, -0.2) is 31.0 Å². The average molecular weight is 384 g/mol. The second-order valence-electron chi connectivity index (χ2n) is 5.10. The lowest BCUT2D eigenvalue weighted by Crippen LogP contribution is -2.28. The number of aromatic nitrogens is 2. The number of pyridine rings is 2. The molecule has 0 radical (unpaired) electrons. The third-order valence-corrected chi connectivity index (χ3v) is 4.34. The van der Waals surface area contributed by atoms with E-state index in [4.69, 9.17) is 4.74 Å². The van der Waals surface area contributed by atoms with E-state index in [0.29, 0.717) is 22.2 Å². The van der Waals surface area contributed by atoms with Crippen molar-refractivity contribution >= 4 is 21.0 Å². The van der Waals surface area contributed by atoms with Crippen LogP contribution in [0.15, 0.2) is 48.7 Å². The molecule has 136 valence electrons. The molecule has 3 rings (SSSR count). The molecule has 0 fully saturated rings. The summed E-state index contributed by atoms with van der Waals surface area (Å²) in [6.07, 6.45) is 1.49. The molecule has 0 saturated carbocycles. The smallest absolute Gasteiger partial charge is 0.497 e. The summed E-state index contributed by atoms with van der Waals surface area (Å²) in [6, 6.07) is 10.8. The molecule has 0 unspecified atom stereocenters. The fourth-order valence-electron chi connectivity index (χ4n) is 2.23. The number of halogens is 3. The van der Waals surface area contributed by atoms with E-state index < -0.39 is 21.5 Å². The van der Waals surface area contributed by atoms with E-state index in [1.807, 2.05) is 0 Å². The first-order valence-electron chi connectivity index (χ1n) is 7.12. The molecule has 0 aliphatic heterocycles. The van der Waals surface area contributed by atoms with Gasteiger partial charge in [-0.25, -0.2) is 4.98 Å². The summed E-state index contributed by atoms with van der Waals surface area (Å²) in [6.45, 7) is 0. The predicted molar refractivity (Wildman–Crippen MR) is 87.1 cm³/mol. The molecular formula is C16H11F3N2O4S. The lowest BCUT2D eigenvalue weighted by Gasteiger charge is -2.12. The number of ether oxygens (including phenoxy) is 1. The molecule has 0 aliphatic carbocycles. The van der Waals surface area contributed by atoms with Crippen molar-refractivity contribution < 1.29 is 30.5 Å². The molecule has 0 atom stereocenters. The SMILES string of the molecule is COc1cccc(-c2nc(OS(=O)(=O)C(F)(F)F)cc3cccnc23)c1.